The van der Waals surface area contributed by atoms with Crippen LogP contribution in [-0.4, -0.2) is 140 Å². The molecule has 12 atom stereocenters. The summed E-state index contributed by atoms with van der Waals surface area (Å²) >= 11 is 0. The number of aliphatic hydroxyl groups is 8. The van der Waals surface area contributed by atoms with E-state index in [-0.39, 0.29) is 18.9 Å². The Morgan fingerprint density at radius 2 is 0.920 bits per heavy atom. The van der Waals surface area contributed by atoms with Gasteiger partial charge in [-0.3, -0.25) is 4.79 Å². The summed E-state index contributed by atoms with van der Waals surface area (Å²) in [7, 11) is 0. The van der Waals surface area contributed by atoms with E-state index in [1.54, 1.807) is 6.08 Å². The molecule has 14 heteroatoms. The summed E-state index contributed by atoms with van der Waals surface area (Å²) in [6.07, 6.45) is 44.7. The lowest BCUT2D eigenvalue weighted by Crippen LogP contribution is -2.65. The number of hydrogen-bond acceptors (Lipinski definition) is 13. The van der Waals surface area contributed by atoms with Crippen LogP contribution in [0.15, 0.2) is 85.1 Å². The van der Waals surface area contributed by atoms with Crippen molar-refractivity contribution in [2.24, 2.45) is 0 Å². The van der Waals surface area contributed by atoms with Crippen molar-refractivity contribution in [2.45, 2.75) is 274 Å². The van der Waals surface area contributed by atoms with E-state index in [9.17, 15) is 45.6 Å². The fourth-order valence-corrected chi connectivity index (χ4v) is 9.12. The summed E-state index contributed by atoms with van der Waals surface area (Å²) in [6, 6.07) is -0.924. The normalized spacial score (nSPS) is 25.7. The molecule has 0 bridgehead atoms. The van der Waals surface area contributed by atoms with Gasteiger partial charge in [-0.05, 0) is 70.6 Å². The van der Waals surface area contributed by atoms with Gasteiger partial charge >= 0.3 is 0 Å². The second-order valence-electron chi connectivity index (χ2n) is 20.4. The molecule has 0 aromatic rings. The molecule has 2 heterocycles. The molecule has 1 amide bonds. The first kappa shape index (κ1) is 68.3. The minimum absolute atomic E-state index is 0.252. The van der Waals surface area contributed by atoms with Crippen molar-refractivity contribution in [1.29, 1.82) is 0 Å². The van der Waals surface area contributed by atoms with Gasteiger partial charge < -0.3 is 65.1 Å². The van der Waals surface area contributed by atoms with Crippen molar-refractivity contribution in [3.8, 4) is 0 Å². The third-order valence-corrected chi connectivity index (χ3v) is 13.8. The molecule has 75 heavy (non-hydrogen) atoms. The molecule has 0 aromatic heterocycles. The van der Waals surface area contributed by atoms with Crippen LogP contribution in [0.2, 0.25) is 0 Å². The molecule has 14 nitrogen and oxygen atoms in total. The van der Waals surface area contributed by atoms with Gasteiger partial charge in [0.25, 0.3) is 0 Å². The third-order valence-electron chi connectivity index (χ3n) is 13.8. The number of unbranched alkanes of at least 4 members (excludes halogenated alkanes) is 20. The maximum atomic E-state index is 13.2. The average molecular weight is 1060 g/mol. The van der Waals surface area contributed by atoms with Gasteiger partial charge in [-0.15, -0.1) is 0 Å². The fourth-order valence-electron chi connectivity index (χ4n) is 9.12. The number of amides is 1. The van der Waals surface area contributed by atoms with Crippen LogP contribution >= 0.6 is 0 Å². The van der Waals surface area contributed by atoms with E-state index in [1.165, 1.54) is 83.5 Å². The smallest absolute Gasteiger partial charge is 0.220 e. The molecule has 0 radical (unpaired) electrons. The second-order valence-corrected chi connectivity index (χ2v) is 20.4. The van der Waals surface area contributed by atoms with Crippen LogP contribution in [0.1, 0.15) is 200 Å². The maximum Gasteiger partial charge on any atom is 0.220 e. The molecule has 432 valence electrons. The lowest BCUT2D eigenvalue weighted by molar-refractivity contribution is -0.359. The number of nitrogens with one attached hydrogen (secondary N) is 1. The van der Waals surface area contributed by atoms with Crippen molar-refractivity contribution in [1.82, 2.24) is 5.32 Å². The molecule has 0 spiro atoms. The number of aliphatic hydroxyl groups excluding tert-OH is 8. The monoisotopic (exact) mass is 1060 g/mol. The van der Waals surface area contributed by atoms with E-state index in [0.717, 1.165) is 89.9 Å². The zero-order chi connectivity index (χ0) is 54.6. The van der Waals surface area contributed by atoms with Crippen molar-refractivity contribution < 1.29 is 64.6 Å². The summed E-state index contributed by atoms with van der Waals surface area (Å²) in [5.41, 5.74) is 0. The van der Waals surface area contributed by atoms with E-state index < -0.39 is 86.8 Å². The van der Waals surface area contributed by atoms with Gasteiger partial charge in [-0.1, -0.05) is 208 Å². The number of carbonyl (C=O) groups excluding carboxylic acids is 1. The highest BCUT2D eigenvalue weighted by Gasteiger charge is 2.51. The van der Waals surface area contributed by atoms with Crippen molar-refractivity contribution in [2.75, 3.05) is 19.8 Å². The molecule has 9 N–H and O–H groups in total. The zero-order valence-corrected chi connectivity index (χ0v) is 46.3. The van der Waals surface area contributed by atoms with Gasteiger partial charge in [0, 0.05) is 6.42 Å². The molecule has 0 aliphatic carbocycles. The van der Waals surface area contributed by atoms with Gasteiger partial charge in [-0.25, -0.2) is 0 Å². The Morgan fingerprint density at radius 1 is 0.493 bits per heavy atom. The van der Waals surface area contributed by atoms with Crippen LogP contribution in [0.25, 0.3) is 0 Å². The highest BCUT2D eigenvalue weighted by atomic mass is 16.7. The van der Waals surface area contributed by atoms with E-state index in [1.807, 2.05) is 6.08 Å². The standard InChI is InChI=1S/C61H105NO13/c1-3-5-7-9-11-13-15-17-19-20-21-22-23-24-25-26-27-28-29-30-31-33-35-37-39-41-43-45-53(66)62-49(50(65)44-42-40-38-36-34-32-18-16-14-12-10-8-6-4-2)48-72-60-58(71)56(69)59(52(47-64)74-60)75-61-57(70)55(68)54(67)51(46-63)73-61/h5,7,11,13,17,19,21-22,24-25,27-28,42,44,49-52,54-61,63-65,67-71H,3-4,6,8-10,12,14-16,18,20,23,26,29-41,43,45-48H2,1-2H3,(H,62,66)/b7-5-,13-11-,19-17-,22-21-,25-24-,28-27-,44-42+. The Kier molecular flexibility index (Phi) is 42.0. The molecule has 12 unspecified atom stereocenters. The predicted octanol–water partition coefficient (Wildman–Crippen LogP) is 9.72. The quantitative estimate of drug-likeness (QED) is 0.0205. The Bertz CT molecular complexity index is 1580. The summed E-state index contributed by atoms with van der Waals surface area (Å²) in [5, 5.41) is 87.0. The number of allylic oxidation sites excluding steroid dienone is 13. The minimum atomic E-state index is -1.79. The number of ether oxygens (including phenoxy) is 4. The third kappa shape index (κ3) is 32.0. The number of rotatable bonds is 45. The average Bonchev–Trinajstić information content (AvgIpc) is 3.41. The first-order valence-corrected chi connectivity index (χ1v) is 29.3. The molecular weight excluding hydrogens is 955 g/mol. The van der Waals surface area contributed by atoms with Crippen LogP contribution < -0.4 is 5.32 Å². The summed E-state index contributed by atoms with van der Waals surface area (Å²) in [6.45, 7) is 2.66. The predicted molar refractivity (Wildman–Crippen MR) is 300 cm³/mol. The first-order valence-electron chi connectivity index (χ1n) is 29.3. The highest BCUT2D eigenvalue weighted by Crippen LogP contribution is 2.30. The second kappa shape index (κ2) is 46.1. The fraction of sp³-hybridized carbons (Fsp3) is 0.754. The minimum Gasteiger partial charge on any atom is -0.394 e. The van der Waals surface area contributed by atoms with Crippen molar-refractivity contribution >= 4 is 5.91 Å². The summed E-state index contributed by atoms with van der Waals surface area (Å²) in [5.74, 6) is -0.252. The van der Waals surface area contributed by atoms with Crippen LogP contribution in [0.3, 0.4) is 0 Å². The molecular formula is C61H105NO13. The first-order chi connectivity index (χ1) is 36.6. The molecule has 2 fully saturated rings. The Balaban J connectivity index is 1.75. The lowest BCUT2D eigenvalue weighted by atomic mass is 9.97. The molecule has 0 saturated carbocycles. The topological polar surface area (TPSA) is 228 Å². The molecule has 2 aliphatic heterocycles. The van der Waals surface area contributed by atoms with Gasteiger partial charge in [0.2, 0.25) is 5.91 Å². The van der Waals surface area contributed by atoms with E-state index in [0.29, 0.717) is 6.42 Å². The largest absolute Gasteiger partial charge is 0.394 e. The van der Waals surface area contributed by atoms with Crippen LogP contribution in [0.4, 0.5) is 0 Å². The Labute approximate surface area is 452 Å². The van der Waals surface area contributed by atoms with Gasteiger partial charge in [-0.2, -0.15) is 0 Å². The Morgan fingerprint density at radius 3 is 1.41 bits per heavy atom. The lowest BCUT2D eigenvalue weighted by Gasteiger charge is -2.46. The Hall–Kier alpha value is -2.83. The van der Waals surface area contributed by atoms with E-state index in [2.05, 4.69) is 92.1 Å². The van der Waals surface area contributed by atoms with E-state index in [4.69, 9.17) is 18.9 Å². The van der Waals surface area contributed by atoms with Crippen LogP contribution in [-0.2, 0) is 23.7 Å². The molecule has 2 rings (SSSR count). The zero-order valence-electron chi connectivity index (χ0n) is 46.3. The number of carbonyl (C=O) groups is 1. The number of hydrogen-bond donors (Lipinski definition) is 9. The molecule has 2 aliphatic rings. The maximum absolute atomic E-state index is 13.2. The van der Waals surface area contributed by atoms with Gasteiger partial charge in [0.15, 0.2) is 12.6 Å². The van der Waals surface area contributed by atoms with Gasteiger partial charge in [0.1, 0.15) is 48.8 Å². The van der Waals surface area contributed by atoms with E-state index >= 15 is 0 Å². The van der Waals surface area contributed by atoms with Crippen molar-refractivity contribution in [3.63, 3.8) is 0 Å². The molecule has 2 saturated heterocycles. The summed E-state index contributed by atoms with van der Waals surface area (Å²) in [4.78, 5) is 13.2. The van der Waals surface area contributed by atoms with Gasteiger partial charge in [0.05, 0.1) is 32.0 Å². The highest BCUT2D eigenvalue weighted by molar-refractivity contribution is 5.76. The summed E-state index contributed by atoms with van der Waals surface area (Å²) < 4.78 is 22.7. The van der Waals surface area contributed by atoms with Crippen LogP contribution in [0, 0.1) is 0 Å². The SMILES string of the molecule is CC/C=C\C/C=C\C/C=C\C/C=C\C/C=C\C/C=C\CCCCCCCCCCC(=O)NC(COC1OC(CO)C(OC2OC(CO)C(O)C(O)C2O)C(O)C1O)C(O)/C=C/CCCCCCCCCCCCCC. The molecule has 0 aromatic carbocycles. The van der Waals surface area contributed by atoms with Crippen molar-refractivity contribution in [3.05, 3.63) is 85.1 Å². The van der Waals surface area contributed by atoms with Crippen LogP contribution in [0.5, 0.6) is 0 Å².